The Morgan fingerprint density at radius 1 is 1.10 bits per heavy atom. The van der Waals surface area contributed by atoms with E-state index in [4.69, 9.17) is 4.74 Å². The number of allylic oxidation sites excluding steroid dienone is 1. The Balaban J connectivity index is 1.99. The molecular formula is C19H18O2. The van der Waals surface area contributed by atoms with Gasteiger partial charge in [0.1, 0.15) is 5.75 Å². The second-order valence-corrected chi connectivity index (χ2v) is 5.71. The lowest BCUT2D eigenvalue weighted by molar-refractivity contribution is 0.0891. The molecule has 0 heterocycles. The lowest BCUT2D eigenvalue weighted by Crippen LogP contribution is -2.25. The number of hydrogen-bond donors (Lipinski definition) is 0. The molecule has 2 heteroatoms. The summed E-state index contributed by atoms with van der Waals surface area (Å²) in [5.41, 5.74) is 3.18. The maximum atomic E-state index is 12.8. The molecule has 1 aliphatic carbocycles. The zero-order chi connectivity index (χ0) is 15.0. The summed E-state index contributed by atoms with van der Waals surface area (Å²) in [6.45, 7) is 6.17. The minimum absolute atomic E-state index is 0.158. The first kappa shape index (κ1) is 13.6. The first-order chi connectivity index (χ1) is 10.1. The zero-order valence-electron chi connectivity index (χ0n) is 12.3. The van der Waals surface area contributed by atoms with Crippen molar-refractivity contribution < 1.29 is 9.53 Å². The first-order valence-corrected chi connectivity index (χ1v) is 7.03. The third-order valence-electron chi connectivity index (χ3n) is 4.36. The number of carbonyl (C=O) groups is 1. The zero-order valence-corrected chi connectivity index (χ0v) is 12.3. The highest BCUT2D eigenvalue weighted by Crippen LogP contribution is 2.47. The standard InChI is InChI=1S/C19H18O2/c1-13-16-9-4-5-10-17(16)18(20)19(13,2)12-14-7-6-8-15(11-14)21-3/h4-11H,1,12H2,2-3H3. The van der Waals surface area contributed by atoms with Gasteiger partial charge in [-0.05, 0) is 42.2 Å². The molecule has 0 bridgehead atoms. The third kappa shape index (κ3) is 2.07. The number of benzene rings is 2. The van der Waals surface area contributed by atoms with Crippen molar-refractivity contribution in [1.29, 1.82) is 0 Å². The highest BCUT2D eigenvalue weighted by atomic mass is 16.5. The molecule has 0 radical (unpaired) electrons. The van der Waals surface area contributed by atoms with E-state index in [0.29, 0.717) is 6.42 Å². The number of rotatable bonds is 3. The molecule has 0 saturated heterocycles. The van der Waals surface area contributed by atoms with Gasteiger partial charge in [-0.15, -0.1) is 0 Å². The van der Waals surface area contributed by atoms with Crippen molar-refractivity contribution in [3.63, 3.8) is 0 Å². The SMILES string of the molecule is C=C1c2ccccc2C(=O)C1(C)Cc1cccc(OC)c1. The van der Waals surface area contributed by atoms with Crippen LogP contribution in [0.1, 0.15) is 28.4 Å². The molecule has 0 aromatic heterocycles. The van der Waals surface area contributed by atoms with E-state index in [-0.39, 0.29) is 5.78 Å². The van der Waals surface area contributed by atoms with Crippen LogP contribution in [0.2, 0.25) is 0 Å². The lowest BCUT2D eigenvalue weighted by atomic mass is 9.77. The number of fused-ring (bicyclic) bond motifs is 1. The number of Topliss-reactive ketones (excluding diaryl/α,β-unsaturated/α-hetero) is 1. The van der Waals surface area contributed by atoms with Crippen molar-refractivity contribution in [3.05, 3.63) is 71.8 Å². The topological polar surface area (TPSA) is 26.3 Å². The fourth-order valence-electron chi connectivity index (χ4n) is 3.05. The summed E-state index contributed by atoms with van der Waals surface area (Å²) in [4.78, 5) is 12.8. The Labute approximate surface area is 125 Å². The average molecular weight is 278 g/mol. The second kappa shape index (κ2) is 4.88. The van der Waals surface area contributed by atoms with Gasteiger partial charge in [-0.25, -0.2) is 0 Å². The number of ether oxygens (including phenoxy) is 1. The highest BCUT2D eigenvalue weighted by Gasteiger charge is 2.44. The van der Waals surface area contributed by atoms with Crippen LogP contribution in [0.4, 0.5) is 0 Å². The van der Waals surface area contributed by atoms with E-state index in [0.717, 1.165) is 28.0 Å². The Morgan fingerprint density at radius 2 is 1.81 bits per heavy atom. The predicted octanol–water partition coefficient (Wildman–Crippen LogP) is 4.15. The summed E-state index contributed by atoms with van der Waals surface area (Å²) in [6.07, 6.45) is 0.635. The molecule has 0 saturated carbocycles. The van der Waals surface area contributed by atoms with E-state index in [1.807, 2.05) is 55.5 Å². The number of methoxy groups -OCH3 is 1. The summed E-state index contributed by atoms with van der Waals surface area (Å²) in [7, 11) is 1.65. The number of carbonyl (C=O) groups excluding carboxylic acids is 1. The van der Waals surface area contributed by atoms with E-state index in [2.05, 4.69) is 6.58 Å². The van der Waals surface area contributed by atoms with Gasteiger partial charge in [0.05, 0.1) is 12.5 Å². The summed E-state index contributed by atoms with van der Waals surface area (Å²) in [6, 6.07) is 15.6. The molecule has 1 unspecified atom stereocenters. The van der Waals surface area contributed by atoms with Crippen molar-refractivity contribution >= 4 is 11.4 Å². The molecule has 106 valence electrons. The van der Waals surface area contributed by atoms with Crippen LogP contribution in [0.5, 0.6) is 5.75 Å². The molecule has 0 spiro atoms. The second-order valence-electron chi connectivity index (χ2n) is 5.71. The molecule has 2 aromatic carbocycles. The summed E-state index contributed by atoms with van der Waals surface area (Å²) in [5.74, 6) is 0.968. The maximum absolute atomic E-state index is 12.8. The molecule has 0 N–H and O–H groups in total. The van der Waals surface area contributed by atoms with Gasteiger partial charge in [-0.3, -0.25) is 4.79 Å². The normalized spacial score (nSPS) is 20.5. The van der Waals surface area contributed by atoms with Gasteiger partial charge < -0.3 is 4.74 Å². The van der Waals surface area contributed by atoms with E-state index < -0.39 is 5.41 Å². The third-order valence-corrected chi connectivity index (χ3v) is 4.36. The van der Waals surface area contributed by atoms with E-state index in [1.54, 1.807) is 7.11 Å². The molecule has 0 amide bonds. The Kier molecular flexibility index (Phi) is 3.17. The summed E-state index contributed by atoms with van der Waals surface area (Å²) in [5, 5.41) is 0. The largest absolute Gasteiger partial charge is 0.497 e. The van der Waals surface area contributed by atoms with Gasteiger partial charge in [-0.2, -0.15) is 0 Å². The van der Waals surface area contributed by atoms with E-state index >= 15 is 0 Å². The van der Waals surface area contributed by atoms with Crippen LogP contribution in [0.25, 0.3) is 5.57 Å². The lowest BCUT2D eigenvalue weighted by Gasteiger charge is -2.24. The van der Waals surface area contributed by atoms with Crippen LogP contribution in [0, 0.1) is 5.41 Å². The Bertz CT molecular complexity index is 693. The van der Waals surface area contributed by atoms with Crippen molar-refractivity contribution in [2.75, 3.05) is 7.11 Å². The smallest absolute Gasteiger partial charge is 0.174 e. The molecule has 21 heavy (non-hydrogen) atoms. The fraction of sp³-hybridized carbons (Fsp3) is 0.211. The Morgan fingerprint density at radius 3 is 2.48 bits per heavy atom. The van der Waals surface area contributed by atoms with Crippen LogP contribution in [0.15, 0.2) is 55.1 Å². The monoisotopic (exact) mass is 278 g/mol. The molecular weight excluding hydrogens is 260 g/mol. The van der Waals surface area contributed by atoms with Crippen LogP contribution in [0.3, 0.4) is 0 Å². The van der Waals surface area contributed by atoms with Gasteiger partial charge in [0.25, 0.3) is 0 Å². The van der Waals surface area contributed by atoms with E-state index in [1.165, 1.54) is 0 Å². The first-order valence-electron chi connectivity index (χ1n) is 7.03. The number of hydrogen-bond acceptors (Lipinski definition) is 2. The molecule has 1 aliphatic rings. The minimum atomic E-state index is -0.573. The van der Waals surface area contributed by atoms with E-state index in [9.17, 15) is 4.79 Å². The van der Waals surface area contributed by atoms with Crippen LogP contribution in [-0.4, -0.2) is 12.9 Å². The van der Waals surface area contributed by atoms with Crippen LogP contribution in [-0.2, 0) is 6.42 Å². The molecule has 0 fully saturated rings. The molecule has 0 aliphatic heterocycles. The quantitative estimate of drug-likeness (QED) is 0.843. The number of ketones is 1. The van der Waals surface area contributed by atoms with Gasteiger partial charge in [0, 0.05) is 5.56 Å². The van der Waals surface area contributed by atoms with Gasteiger partial charge >= 0.3 is 0 Å². The van der Waals surface area contributed by atoms with Crippen molar-refractivity contribution in [3.8, 4) is 5.75 Å². The highest BCUT2D eigenvalue weighted by molar-refractivity contribution is 6.16. The van der Waals surface area contributed by atoms with Gasteiger partial charge in [0.2, 0.25) is 0 Å². The van der Waals surface area contributed by atoms with Gasteiger partial charge in [0.15, 0.2) is 5.78 Å². The van der Waals surface area contributed by atoms with Crippen molar-refractivity contribution in [2.45, 2.75) is 13.3 Å². The molecule has 2 aromatic rings. The maximum Gasteiger partial charge on any atom is 0.174 e. The molecule has 3 rings (SSSR count). The minimum Gasteiger partial charge on any atom is -0.497 e. The average Bonchev–Trinajstić information content (AvgIpc) is 2.70. The van der Waals surface area contributed by atoms with Crippen LogP contribution < -0.4 is 4.74 Å². The molecule has 2 nitrogen and oxygen atoms in total. The van der Waals surface area contributed by atoms with Gasteiger partial charge in [-0.1, -0.05) is 43.0 Å². The van der Waals surface area contributed by atoms with Crippen molar-refractivity contribution in [2.24, 2.45) is 5.41 Å². The van der Waals surface area contributed by atoms with Crippen LogP contribution >= 0.6 is 0 Å². The summed E-state index contributed by atoms with van der Waals surface area (Å²) < 4.78 is 5.26. The molecule has 1 atom stereocenters. The predicted molar refractivity (Wildman–Crippen MR) is 84.6 cm³/mol. The summed E-state index contributed by atoms with van der Waals surface area (Å²) >= 11 is 0. The van der Waals surface area contributed by atoms with Crippen molar-refractivity contribution in [1.82, 2.24) is 0 Å². The fourth-order valence-corrected chi connectivity index (χ4v) is 3.05. The Hall–Kier alpha value is -2.35.